The van der Waals surface area contributed by atoms with Crippen molar-refractivity contribution < 1.29 is 79.2 Å². The lowest BCUT2D eigenvalue weighted by molar-refractivity contribution is -0.138. The van der Waals surface area contributed by atoms with Gasteiger partial charge >= 0.3 is 47.8 Å². The second kappa shape index (κ2) is 21.3. The van der Waals surface area contributed by atoms with Gasteiger partial charge in [-0.25, -0.2) is 0 Å². The van der Waals surface area contributed by atoms with E-state index in [1.807, 2.05) is 0 Å². The van der Waals surface area contributed by atoms with Gasteiger partial charge in [-0.1, -0.05) is 0 Å². The van der Waals surface area contributed by atoms with Crippen molar-refractivity contribution in [2.75, 3.05) is 0 Å². The summed E-state index contributed by atoms with van der Waals surface area (Å²) in [5.41, 5.74) is 6.63. The van der Waals surface area contributed by atoms with Gasteiger partial charge < -0.3 is 60.8 Å². The van der Waals surface area contributed by atoms with Gasteiger partial charge in [-0.05, 0) is 95.9 Å². The van der Waals surface area contributed by atoms with Crippen molar-refractivity contribution >= 4 is 47.8 Å². The van der Waals surface area contributed by atoms with Crippen molar-refractivity contribution in [3.63, 3.8) is 0 Å². The van der Waals surface area contributed by atoms with Crippen LogP contribution in [0.1, 0.15) is 141 Å². The number of carboxylic acids is 8. The van der Waals surface area contributed by atoms with E-state index in [9.17, 15) is 79.2 Å². The monoisotopic (exact) mass is 892 g/mol. The Kier molecular flexibility index (Phi) is 16.0. The average Bonchev–Trinajstić information content (AvgIpc) is 3.86. The molecule has 0 aromatic carbocycles. The Bertz CT molecular complexity index is 2130. The molecule has 20 nitrogen and oxygen atoms in total. The lowest BCUT2D eigenvalue weighted by Gasteiger charge is -2.10. The highest BCUT2D eigenvalue weighted by Gasteiger charge is 2.30. The number of aromatic nitrogens is 4. The summed E-state index contributed by atoms with van der Waals surface area (Å²) >= 11 is 0. The molecule has 0 atom stereocenters. The molecule has 4 aromatic rings. The molecule has 0 saturated carbocycles. The van der Waals surface area contributed by atoms with Crippen LogP contribution in [0.4, 0.5) is 0 Å². The Morgan fingerprint density at radius 1 is 0.281 bits per heavy atom. The van der Waals surface area contributed by atoms with Gasteiger partial charge in [0.25, 0.3) is 0 Å². The van der Waals surface area contributed by atoms with E-state index in [2.05, 4.69) is 19.9 Å². The molecule has 0 fully saturated rings. The van der Waals surface area contributed by atoms with Gasteiger partial charge in [-0.15, -0.1) is 0 Å². The molecular formula is C44H52N4O16. The number of hydrogen-bond acceptors (Lipinski definition) is 8. The number of nitrogens with one attached hydrogen (secondary N) is 4. The largest absolute Gasteiger partial charge is 0.481 e. The molecular weight excluding hydrogens is 840 g/mol. The topological polar surface area (TPSA) is 362 Å². The molecule has 5 heterocycles. The molecule has 1 aliphatic heterocycles. The Morgan fingerprint density at radius 3 is 0.609 bits per heavy atom. The summed E-state index contributed by atoms with van der Waals surface area (Å²) in [6, 6.07) is 0. The van der Waals surface area contributed by atoms with Crippen LogP contribution in [0, 0.1) is 0 Å². The summed E-state index contributed by atoms with van der Waals surface area (Å²) in [5.74, 6) is -9.15. The Labute approximate surface area is 364 Å². The Hall–Kier alpha value is -7.12. The molecule has 1 aliphatic rings. The van der Waals surface area contributed by atoms with E-state index in [0.717, 1.165) is 0 Å². The fourth-order valence-corrected chi connectivity index (χ4v) is 9.03. The summed E-state index contributed by atoms with van der Waals surface area (Å²) in [6.07, 6.45) is -2.37. The van der Waals surface area contributed by atoms with E-state index in [0.29, 0.717) is 90.1 Å². The maximum absolute atomic E-state index is 12.5. The van der Waals surface area contributed by atoms with Crippen molar-refractivity contribution in [3.8, 4) is 0 Å². The molecule has 20 heteroatoms. The van der Waals surface area contributed by atoms with Crippen LogP contribution in [-0.4, -0.2) is 109 Å². The standard InChI is InChI=1S/C44H52N4O16/c49-37(50)9-1-5-21-25(13-41(57)58)33-18-30-23(7-3-11-39(53)54)27(15-43(61)62)35(47-30)20-32-24(8-4-12-40(55)56)28(16-44(63)64)36(48-32)19-31-22(6-2-10-38(51)52)26(14-42(59)60)34(46-31)17-29(21)45-33/h45-48H,1-20H2,(H,49,50)(H,51,52)(H,53,54)(H,55,56)(H,57,58)(H,59,60)(H,61,62)(H,63,64). The third-order valence-electron chi connectivity index (χ3n) is 11.6. The van der Waals surface area contributed by atoms with Gasteiger partial charge in [-0.3, -0.25) is 38.4 Å². The number of fused-ring (bicyclic) bond motifs is 8. The number of rotatable bonds is 24. The lowest BCUT2D eigenvalue weighted by atomic mass is 9.92. The van der Waals surface area contributed by atoms with Gasteiger partial charge in [0, 0.05) is 96.9 Å². The minimum absolute atomic E-state index is 0.0479. The highest BCUT2D eigenvalue weighted by molar-refractivity contribution is 5.75. The van der Waals surface area contributed by atoms with E-state index in [-0.39, 0.29) is 103 Å². The van der Waals surface area contributed by atoms with Crippen LogP contribution >= 0.6 is 0 Å². The minimum atomic E-state index is -1.21. The van der Waals surface area contributed by atoms with Crippen molar-refractivity contribution in [1.29, 1.82) is 0 Å². The van der Waals surface area contributed by atoms with Crippen molar-refractivity contribution in [2.45, 2.75) is 128 Å². The molecule has 0 amide bonds. The summed E-state index contributed by atoms with van der Waals surface area (Å²) in [5, 5.41) is 78.9. The van der Waals surface area contributed by atoms with E-state index in [4.69, 9.17) is 0 Å². The van der Waals surface area contributed by atoms with Gasteiger partial charge in [0.1, 0.15) is 0 Å². The first-order chi connectivity index (χ1) is 30.3. The van der Waals surface area contributed by atoms with E-state index in [1.165, 1.54) is 0 Å². The predicted molar refractivity (Wildman–Crippen MR) is 222 cm³/mol. The van der Waals surface area contributed by atoms with Gasteiger partial charge in [0.15, 0.2) is 0 Å². The molecule has 12 N–H and O–H groups in total. The quantitative estimate of drug-likeness (QED) is 0.0419. The van der Waals surface area contributed by atoms with Crippen LogP contribution < -0.4 is 0 Å². The number of carboxylic acid groups (broad SMARTS) is 8. The summed E-state index contributed by atoms with van der Waals surface area (Å²) < 4.78 is 0. The fraction of sp³-hybridized carbons (Fsp3) is 0.455. The molecule has 0 radical (unpaired) electrons. The van der Waals surface area contributed by atoms with Crippen LogP contribution in [0.15, 0.2) is 0 Å². The van der Waals surface area contributed by atoms with Gasteiger partial charge in [0.05, 0.1) is 25.7 Å². The Morgan fingerprint density at radius 2 is 0.453 bits per heavy atom. The van der Waals surface area contributed by atoms with Crippen LogP contribution in [0.2, 0.25) is 0 Å². The highest BCUT2D eigenvalue weighted by Crippen LogP contribution is 2.35. The molecule has 5 rings (SSSR count). The molecule has 0 aliphatic carbocycles. The third kappa shape index (κ3) is 12.5. The molecule has 8 bridgehead atoms. The van der Waals surface area contributed by atoms with E-state index in [1.54, 1.807) is 0 Å². The second-order valence-electron chi connectivity index (χ2n) is 16.1. The predicted octanol–water partition coefficient (Wildman–Crippen LogP) is 3.81. The van der Waals surface area contributed by atoms with Gasteiger partial charge in [-0.2, -0.15) is 0 Å². The average molecular weight is 893 g/mol. The van der Waals surface area contributed by atoms with Crippen LogP contribution in [-0.2, 0) is 115 Å². The zero-order valence-electron chi connectivity index (χ0n) is 35.0. The number of aliphatic carboxylic acids is 8. The smallest absolute Gasteiger partial charge is 0.307 e. The SMILES string of the molecule is O=C(O)CCCc1c2[nH]c(c1CC(=O)O)Cc1[nH]c(c(CC(=O)O)c1CCCC(=O)O)Cc1[nH]c(c(CC(=O)O)c1CCCC(=O)O)Cc1[nH]c(c(CC(=O)O)c1CCCC(=O)O)C2. The van der Waals surface area contributed by atoms with Crippen LogP contribution in [0.25, 0.3) is 0 Å². The van der Waals surface area contributed by atoms with Gasteiger partial charge in [0.2, 0.25) is 0 Å². The number of H-pyrrole nitrogens is 4. The summed E-state index contributed by atoms with van der Waals surface area (Å²) in [4.78, 5) is 110. The molecule has 0 saturated heterocycles. The van der Waals surface area contributed by atoms with Crippen molar-refractivity contribution in [3.05, 3.63) is 90.1 Å². The first kappa shape index (κ1) is 47.9. The lowest BCUT2D eigenvalue weighted by Crippen LogP contribution is -2.09. The molecule has 64 heavy (non-hydrogen) atoms. The second-order valence-corrected chi connectivity index (χ2v) is 16.1. The first-order valence-electron chi connectivity index (χ1n) is 20.9. The molecule has 0 spiro atoms. The summed E-state index contributed by atoms with van der Waals surface area (Å²) in [7, 11) is 0. The fourth-order valence-electron chi connectivity index (χ4n) is 9.03. The zero-order valence-corrected chi connectivity index (χ0v) is 35.0. The normalized spacial score (nSPS) is 12.2. The Balaban J connectivity index is 1.87. The maximum atomic E-state index is 12.5. The first-order valence-corrected chi connectivity index (χ1v) is 20.9. The summed E-state index contributed by atoms with van der Waals surface area (Å²) in [6.45, 7) is 0. The highest BCUT2D eigenvalue weighted by atomic mass is 16.4. The third-order valence-corrected chi connectivity index (χ3v) is 11.6. The molecule has 0 unspecified atom stereocenters. The molecule has 4 aromatic heterocycles. The van der Waals surface area contributed by atoms with Crippen LogP contribution in [0.5, 0.6) is 0 Å². The zero-order chi connectivity index (χ0) is 46.8. The molecule has 344 valence electrons. The van der Waals surface area contributed by atoms with Crippen LogP contribution in [0.3, 0.4) is 0 Å². The van der Waals surface area contributed by atoms with Crippen molar-refractivity contribution in [1.82, 2.24) is 19.9 Å². The van der Waals surface area contributed by atoms with E-state index >= 15 is 0 Å². The van der Waals surface area contributed by atoms with E-state index < -0.39 is 73.4 Å². The minimum Gasteiger partial charge on any atom is -0.481 e. The number of hydrogen-bond donors (Lipinski definition) is 12. The number of carbonyl (C=O) groups is 8. The number of aromatic amines is 4. The van der Waals surface area contributed by atoms with Crippen molar-refractivity contribution in [2.24, 2.45) is 0 Å². The maximum Gasteiger partial charge on any atom is 0.307 e.